The Kier molecular flexibility index (Phi) is 6.34. The highest BCUT2D eigenvalue weighted by atomic mass is 35.5. The number of hydrogen-bond acceptors (Lipinski definition) is 5. The molecule has 0 aromatic heterocycles. The van der Waals surface area contributed by atoms with Crippen LogP contribution in [-0.2, 0) is 24.3 Å². The topological polar surface area (TPSA) is 72.9 Å². The molecule has 0 spiro atoms. The molecule has 1 heterocycles. The maximum atomic E-state index is 11.9. The summed E-state index contributed by atoms with van der Waals surface area (Å²) in [5, 5.41) is 0. The highest BCUT2D eigenvalue weighted by Gasteiger charge is 2.30. The summed E-state index contributed by atoms with van der Waals surface area (Å²) in [5.74, 6) is -0.0589. The van der Waals surface area contributed by atoms with E-state index in [0.717, 1.165) is 0 Å². The van der Waals surface area contributed by atoms with Crippen molar-refractivity contribution in [3.05, 3.63) is 0 Å². The van der Waals surface area contributed by atoms with Gasteiger partial charge in [0, 0.05) is 19.0 Å². The van der Waals surface area contributed by atoms with Gasteiger partial charge >= 0.3 is 5.97 Å². The largest absolute Gasteiger partial charge is 0.469 e. The number of alkyl halides is 1. The molecule has 0 saturated carbocycles. The van der Waals surface area contributed by atoms with E-state index in [1.165, 1.54) is 11.4 Å². The Hall–Kier alpha value is -0.370. The van der Waals surface area contributed by atoms with E-state index in [1.807, 2.05) is 0 Å². The molecule has 0 radical (unpaired) electrons. The van der Waals surface area contributed by atoms with Crippen LogP contribution in [-0.4, -0.2) is 63.2 Å². The van der Waals surface area contributed by atoms with Crippen LogP contribution in [0.4, 0.5) is 0 Å². The van der Waals surface area contributed by atoms with Crippen LogP contribution in [0.5, 0.6) is 0 Å². The number of ether oxygens (including phenoxy) is 2. The molecule has 1 saturated heterocycles. The second-order valence-corrected chi connectivity index (χ2v) is 6.46. The molecule has 0 aliphatic carbocycles. The summed E-state index contributed by atoms with van der Waals surface area (Å²) in [6.45, 7) is 0.809. The number of carbonyl (C=O) groups excluding carboxylic acids is 1. The molecule has 1 fully saturated rings. The van der Waals surface area contributed by atoms with Crippen LogP contribution >= 0.6 is 11.6 Å². The van der Waals surface area contributed by atoms with Crippen molar-refractivity contribution in [3.8, 4) is 0 Å². The van der Waals surface area contributed by atoms with Crippen LogP contribution in [0.3, 0.4) is 0 Å². The predicted molar refractivity (Wildman–Crippen MR) is 67.1 cm³/mol. The third-order valence-corrected chi connectivity index (χ3v) is 4.84. The van der Waals surface area contributed by atoms with Crippen molar-refractivity contribution >= 4 is 27.6 Å². The van der Waals surface area contributed by atoms with Crippen LogP contribution in [0.25, 0.3) is 0 Å². The summed E-state index contributed by atoms with van der Waals surface area (Å²) >= 11 is 5.49. The number of methoxy groups -OCH3 is 1. The summed E-state index contributed by atoms with van der Waals surface area (Å²) in [6, 6.07) is 0. The first kappa shape index (κ1) is 15.7. The maximum absolute atomic E-state index is 11.9. The van der Waals surface area contributed by atoms with Crippen molar-refractivity contribution < 1.29 is 22.7 Å². The van der Waals surface area contributed by atoms with E-state index in [9.17, 15) is 13.2 Å². The Morgan fingerprint density at radius 1 is 1.56 bits per heavy atom. The summed E-state index contributed by atoms with van der Waals surface area (Å²) < 4.78 is 35.1. The van der Waals surface area contributed by atoms with Gasteiger partial charge in [-0.2, -0.15) is 4.31 Å². The lowest BCUT2D eigenvalue weighted by atomic mass is 10.2. The first-order valence-corrected chi connectivity index (χ1v) is 7.86. The molecule has 18 heavy (non-hydrogen) atoms. The Balaban J connectivity index is 2.55. The molecule has 0 amide bonds. The minimum absolute atomic E-state index is 0.0292. The van der Waals surface area contributed by atoms with E-state index in [0.29, 0.717) is 25.5 Å². The zero-order valence-electron chi connectivity index (χ0n) is 10.3. The van der Waals surface area contributed by atoms with Crippen LogP contribution in [0.2, 0.25) is 0 Å². The number of rotatable bonds is 6. The summed E-state index contributed by atoms with van der Waals surface area (Å²) in [6.07, 6.45) is 0.0537. The summed E-state index contributed by atoms with van der Waals surface area (Å²) in [7, 11) is -2.01. The summed E-state index contributed by atoms with van der Waals surface area (Å²) in [4.78, 5) is 11.1. The van der Waals surface area contributed by atoms with Crippen LogP contribution in [0.1, 0.15) is 12.8 Å². The highest BCUT2D eigenvalue weighted by Crippen LogP contribution is 2.14. The van der Waals surface area contributed by atoms with Crippen molar-refractivity contribution in [1.29, 1.82) is 0 Å². The third-order valence-electron chi connectivity index (χ3n) is 2.65. The molecule has 106 valence electrons. The number of hydrogen-bond donors (Lipinski definition) is 0. The minimum atomic E-state index is -3.30. The van der Waals surface area contributed by atoms with Gasteiger partial charge in [0.15, 0.2) is 0 Å². The minimum Gasteiger partial charge on any atom is -0.469 e. The van der Waals surface area contributed by atoms with Crippen LogP contribution < -0.4 is 0 Å². The quantitative estimate of drug-likeness (QED) is 0.518. The van der Waals surface area contributed by atoms with Gasteiger partial charge in [0.05, 0.1) is 32.0 Å². The molecular formula is C10H18ClNO5S. The number of carbonyl (C=O) groups is 1. The van der Waals surface area contributed by atoms with Gasteiger partial charge in [-0.1, -0.05) is 0 Å². The molecular weight excluding hydrogens is 282 g/mol. The molecule has 1 atom stereocenters. The smallest absolute Gasteiger partial charge is 0.308 e. The standard InChI is InChI=1S/C10H18ClNO5S/c1-16-10(13)7-9-8-12(4-5-17-9)18(14,15)6-2-3-11/h9H,2-8H2,1H3. The van der Waals surface area contributed by atoms with Gasteiger partial charge < -0.3 is 9.47 Å². The van der Waals surface area contributed by atoms with Gasteiger partial charge in [-0.25, -0.2) is 8.42 Å². The second-order valence-electron chi connectivity index (χ2n) is 3.99. The van der Waals surface area contributed by atoms with Crippen molar-refractivity contribution in [1.82, 2.24) is 4.31 Å². The van der Waals surface area contributed by atoms with E-state index in [2.05, 4.69) is 4.74 Å². The highest BCUT2D eigenvalue weighted by molar-refractivity contribution is 7.89. The fourth-order valence-corrected chi connectivity index (χ4v) is 3.51. The lowest BCUT2D eigenvalue weighted by Gasteiger charge is -2.31. The SMILES string of the molecule is COC(=O)CC1CN(S(=O)(=O)CCCCl)CCO1. The molecule has 1 rings (SSSR count). The molecule has 0 aromatic carbocycles. The first-order chi connectivity index (χ1) is 8.49. The Morgan fingerprint density at radius 2 is 2.28 bits per heavy atom. The van der Waals surface area contributed by atoms with Gasteiger partial charge in [0.1, 0.15) is 0 Å². The number of esters is 1. The van der Waals surface area contributed by atoms with Gasteiger partial charge in [0.25, 0.3) is 0 Å². The molecule has 0 bridgehead atoms. The lowest BCUT2D eigenvalue weighted by Crippen LogP contribution is -2.47. The fraction of sp³-hybridized carbons (Fsp3) is 0.900. The second kappa shape index (κ2) is 7.28. The van der Waals surface area contributed by atoms with E-state index in [-0.39, 0.29) is 18.7 Å². The Labute approximate surface area is 112 Å². The molecule has 8 heteroatoms. The number of sulfonamides is 1. The van der Waals surface area contributed by atoms with E-state index in [1.54, 1.807) is 0 Å². The molecule has 0 N–H and O–H groups in total. The average Bonchev–Trinajstić information content (AvgIpc) is 2.36. The fourth-order valence-electron chi connectivity index (χ4n) is 1.70. The number of halogens is 1. The van der Waals surface area contributed by atoms with Crippen molar-refractivity contribution in [2.75, 3.05) is 38.4 Å². The lowest BCUT2D eigenvalue weighted by molar-refractivity contribution is -0.145. The van der Waals surface area contributed by atoms with Gasteiger partial charge in [-0.05, 0) is 6.42 Å². The van der Waals surface area contributed by atoms with E-state index in [4.69, 9.17) is 16.3 Å². The Bertz CT molecular complexity index is 372. The number of nitrogens with zero attached hydrogens (tertiary/aromatic N) is 1. The zero-order valence-corrected chi connectivity index (χ0v) is 11.9. The van der Waals surface area contributed by atoms with Crippen molar-refractivity contribution in [2.45, 2.75) is 18.9 Å². The molecule has 6 nitrogen and oxygen atoms in total. The monoisotopic (exact) mass is 299 g/mol. The van der Waals surface area contributed by atoms with Gasteiger partial charge in [-0.15, -0.1) is 11.6 Å². The van der Waals surface area contributed by atoms with Gasteiger partial charge in [0.2, 0.25) is 10.0 Å². The number of morpholine rings is 1. The maximum Gasteiger partial charge on any atom is 0.308 e. The molecule has 0 aromatic rings. The normalized spacial score (nSPS) is 21.8. The van der Waals surface area contributed by atoms with Gasteiger partial charge in [-0.3, -0.25) is 4.79 Å². The van der Waals surface area contributed by atoms with Crippen molar-refractivity contribution in [2.24, 2.45) is 0 Å². The Morgan fingerprint density at radius 3 is 2.89 bits per heavy atom. The summed E-state index contributed by atoms with van der Waals surface area (Å²) in [5.41, 5.74) is 0. The third kappa shape index (κ3) is 4.72. The molecule has 1 aliphatic heterocycles. The predicted octanol–water partition coefficient (Wildman–Crippen LogP) is 0.209. The molecule has 1 unspecified atom stereocenters. The van der Waals surface area contributed by atoms with E-state index >= 15 is 0 Å². The average molecular weight is 300 g/mol. The zero-order chi connectivity index (χ0) is 13.6. The van der Waals surface area contributed by atoms with Crippen LogP contribution in [0.15, 0.2) is 0 Å². The van der Waals surface area contributed by atoms with Crippen LogP contribution in [0, 0.1) is 0 Å². The molecule has 1 aliphatic rings. The van der Waals surface area contributed by atoms with E-state index < -0.39 is 22.1 Å². The van der Waals surface area contributed by atoms with Crippen molar-refractivity contribution in [3.63, 3.8) is 0 Å². The first-order valence-electron chi connectivity index (χ1n) is 5.72.